The van der Waals surface area contributed by atoms with Gasteiger partial charge in [0.05, 0.1) is 5.75 Å². The molecule has 5 nitrogen and oxygen atoms in total. The fraction of sp³-hybridized carbons (Fsp3) is 0.353. The molecule has 1 aromatic heterocycles. The third-order valence-corrected chi connectivity index (χ3v) is 4.53. The van der Waals surface area contributed by atoms with Crippen LogP contribution in [0.15, 0.2) is 29.4 Å². The Balaban J connectivity index is 1.49. The van der Waals surface area contributed by atoms with Gasteiger partial charge in [-0.1, -0.05) is 30.0 Å². The van der Waals surface area contributed by atoms with Crippen LogP contribution in [0, 0.1) is 13.8 Å². The average molecular weight is 328 g/mol. The minimum atomic E-state index is -0.00335. The SMILES string of the molecule is Cc1cc(C)nc(SCC(=O)NCc2ccc3c(c2)CNC3)n1. The van der Waals surface area contributed by atoms with Crippen molar-refractivity contribution < 1.29 is 4.79 Å². The van der Waals surface area contributed by atoms with Crippen LogP contribution in [-0.4, -0.2) is 21.6 Å². The number of hydrogen-bond donors (Lipinski definition) is 2. The molecule has 0 radical (unpaired) electrons. The number of benzene rings is 1. The zero-order chi connectivity index (χ0) is 16.2. The summed E-state index contributed by atoms with van der Waals surface area (Å²) in [5.74, 6) is 0.325. The van der Waals surface area contributed by atoms with Crippen molar-refractivity contribution in [3.05, 3.63) is 52.3 Å². The predicted molar refractivity (Wildman–Crippen MR) is 91.1 cm³/mol. The Hall–Kier alpha value is -1.92. The monoisotopic (exact) mass is 328 g/mol. The number of thioether (sulfide) groups is 1. The molecular formula is C17H20N4OS. The van der Waals surface area contributed by atoms with Crippen LogP contribution in [-0.2, 0) is 24.4 Å². The molecule has 0 unspecified atom stereocenters. The van der Waals surface area contributed by atoms with Crippen LogP contribution < -0.4 is 10.6 Å². The molecule has 0 fully saturated rings. The Kier molecular flexibility index (Phi) is 4.93. The molecule has 1 aromatic carbocycles. The zero-order valence-electron chi connectivity index (χ0n) is 13.3. The number of fused-ring (bicyclic) bond motifs is 1. The van der Waals surface area contributed by atoms with E-state index in [0.717, 1.165) is 30.0 Å². The number of carbonyl (C=O) groups excluding carboxylic acids is 1. The van der Waals surface area contributed by atoms with Crippen molar-refractivity contribution in [1.29, 1.82) is 0 Å². The zero-order valence-corrected chi connectivity index (χ0v) is 14.2. The summed E-state index contributed by atoms with van der Waals surface area (Å²) >= 11 is 1.37. The van der Waals surface area contributed by atoms with Gasteiger partial charge in [-0.25, -0.2) is 9.97 Å². The molecule has 1 amide bonds. The maximum Gasteiger partial charge on any atom is 0.230 e. The van der Waals surface area contributed by atoms with Gasteiger partial charge < -0.3 is 10.6 Å². The number of carbonyl (C=O) groups is 1. The molecule has 0 spiro atoms. The first-order chi connectivity index (χ1) is 11.1. The average Bonchev–Trinajstić information content (AvgIpc) is 2.97. The summed E-state index contributed by atoms with van der Waals surface area (Å²) in [6.45, 7) is 6.27. The Morgan fingerprint density at radius 3 is 2.70 bits per heavy atom. The van der Waals surface area contributed by atoms with Crippen molar-refractivity contribution in [2.75, 3.05) is 5.75 Å². The van der Waals surface area contributed by atoms with Gasteiger partial charge in [0.25, 0.3) is 0 Å². The molecule has 0 aliphatic carbocycles. The van der Waals surface area contributed by atoms with E-state index >= 15 is 0 Å². The number of nitrogens with zero attached hydrogens (tertiary/aromatic N) is 2. The minimum Gasteiger partial charge on any atom is -0.351 e. The smallest absolute Gasteiger partial charge is 0.230 e. The van der Waals surface area contributed by atoms with E-state index in [1.807, 2.05) is 19.9 Å². The van der Waals surface area contributed by atoms with Gasteiger partial charge in [0.1, 0.15) is 0 Å². The summed E-state index contributed by atoms with van der Waals surface area (Å²) in [5.41, 5.74) is 5.66. The molecule has 0 saturated carbocycles. The van der Waals surface area contributed by atoms with Gasteiger partial charge in [-0.15, -0.1) is 0 Å². The largest absolute Gasteiger partial charge is 0.351 e. The van der Waals surface area contributed by atoms with Crippen molar-refractivity contribution in [3.63, 3.8) is 0 Å². The lowest BCUT2D eigenvalue weighted by molar-refractivity contribution is -0.118. The van der Waals surface area contributed by atoms with Crippen LogP contribution in [0.1, 0.15) is 28.1 Å². The van der Waals surface area contributed by atoms with Crippen molar-refractivity contribution in [2.45, 2.75) is 38.6 Å². The highest BCUT2D eigenvalue weighted by Crippen LogP contribution is 2.17. The molecule has 1 aliphatic heterocycles. The van der Waals surface area contributed by atoms with Crippen molar-refractivity contribution in [3.8, 4) is 0 Å². The van der Waals surface area contributed by atoms with E-state index in [2.05, 4.69) is 38.8 Å². The van der Waals surface area contributed by atoms with E-state index < -0.39 is 0 Å². The van der Waals surface area contributed by atoms with Crippen LogP contribution in [0.5, 0.6) is 0 Å². The first-order valence-corrected chi connectivity index (χ1v) is 8.62. The van der Waals surface area contributed by atoms with Gasteiger partial charge in [0.15, 0.2) is 5.16 Å². The topological polar surface area (TPSA) is 66.9 Å². The van der Waals surface area contributed by atoms with Gasteiger partial charge in [0, 0.05) is 31.0 Å². The fourth-order valence-corrected chi connectivity index (χ4v) is 3.38. The van der Waals surface area contributed by atoms with Gasteiger partial charge in [-0.3, -0.25) is 4.79 Å². The number of aromatic nitrogens is 2. The van der Waals surface area contributed by atoms with E-state index in [-0.39, 0.29) is 5.91 Å². The Bertz CT molecular complexity index is 712. The lowest BCUT2D eigenvalue weighted by Gasteiger charge is -2.07. The third kappa shape index (κ3) is 4.30. The molecule has 23 heavy (non-hydrogen) atoms. The summed E-state index contributed by atoms with van der Waals surface area (Å²) in [6.07, 6.45) is 0. The molecular weight excluding hydrogens is 308 g/mol. The van der Waals surface area contributed by atoms with Crippen LogP contribution in [0.2, 0.25) is 0 Å². The minimum absolute atomic E-state index is 0.00335. The first-order valence-electron chi connectivity index (χ1n) is 7.63. The summed E-state index contributed by atoms with van der Waals surface area (Å²) < 4.78 is 0. The Morgan fingerprint density at radius 2 is 1.91 bits per heavy atom. The maximum absolute atomic E-state index is 12.0. The molecule has 2 heterocycles. The highest BCUT2D eigenvalue weighted by molar-refractivity contribution is 7.99. The van der Waals surface area contributed by atoms with Gasteiger partial charge in [-0.05, 0) is 36.6 Å². The van der Waals surface area contributed by atoms with E-state index in [4.69, 9.17) is 0 Å². The van der Waals surface area contributed by atoms with E-state index in [9.17, 15) is 4.79 Å². The van der Waals surface area contributed by atoms with E-state index in [0.29, 0.717) is 17.5 Å². The number of hydrogen-bond acceptors (Lipinski definition) is 5. The van der Waals surface area contributed by atoms with Gasteiger partial charge in [0.2, 0.25) is 5.91 Å². The molecule has 3 rings (SSSR count). The molecule has 2 aromatic rings. The van der Waals surface area contributed by atoms with Crippen molar-refractivity contribution in [1.82, 2.24) is 20.6 Å². The van der Waals surface area contributed by atoms with E-state index in [1.165, 1.54) is 22.9 Å². The standard InChI is InChI=1S/C17H20N4OS/c1-11-5-12(2)21-17(20-11)23-10-16(22)19-7-13-3-4-14-8-18-9-15(14)6-13/h3-6,18H,7-10H2,1-2H3,(H,19,22). The number of aryl methyl sites for hydroxylation is 2. The molecule has 1 aliphatic rings. The van der Waals surface area contributed by atoms with E-state index in [1.54, 1.807) is 0 Å². The summed E-state index contributed by atoms with van der Waals surface area (Å²) in [4.78, 5) is 20.7. The highest BCUT2D eigenvalue weighted by atomic mass is 32.2. The lowest BCUT2D eigenvalue weighted by Crippen LogP contribution is -2.24. The second-order valence-corrected chi connectivity index (χ2v) is 6.65. The normalized spacial score (nSPS) is 13.0. The molecule has 0 saturated heterocycles. The Morgan fingerprint density at radius 1 is 1.17 bits per heavy atom. The van der Waals surface area contributed by atoms with Gasteiger partial charge >= 0.3 is 0 Å². The molecule has 0 bridgehead atoms. The van der Waals surface area contributed by atoms with Gasteiger partial charge in [-0.2, -0.15) is 0 Å². The number of amides is 1. The molecule has 0 atom stereocenters. The second kappa shape index (κ2) is 7.10. The van der Waals surface area contributed by atoms with Crippen molar-refractivity contribution in [2.24, 2.45) is 0 Å². The Labute approximate surface area is 140 Å². The maximum atomic E-state index is 12.0. The summed E-state index contributed by atoms with van der Waals surface area (Å²) in [5, 5.41) is 6.93. The molecule has 2 N–H and O–H groups in total. The number of nitrogens with one attached hydrogen (secondary N) is 2. The predicted octanol–water partition coefficient (Wildman–Crippen LogP) is 2.11. The third-order valence-electron chi connectivity index (χ3n) is 3.69. The number of rotatable bonds is 5. The van der Waals surface area contributed by atoms with Crippen LogP contribution in [0.25, 0.3) is 0 Å². The van der Waals surface area contributed by atoms with Crippen LogP contribution in [0.4, 0.5) is 0 Å². The van der Waals surface area contributed by atoms with Crippen molar-refractivity contribution >= 4 is 17.7 Å². The lowest BCUT2D eigenvalue weighted by atomic mass is 10.1. The molecule has 6 heteroatoms. The summed E-state index contributed by atoms with van der Waals surface area (Å²) in [7, 11) is 0. The molecule has 120 valence electrons. The quantitative estimate of drug-likeness (QED) is 0.650. The highest BCUT2D eigenvalue weighted by Gasteiger charge is 2.11. The van der Waals surface area contributed by atoms with Crippen LogP contribution in [0.3, 0.4) is 0 Å². The fourth-order valence-electron chi connectivity index (χ4n) is 2.60. The first kappa shape index (κ1) is 16.0. The van der Waals surface area contributed by atoms with Crippen LogP contribution >= 0.6 is 11.8 Å². The summed E-state index contributed by atoms with van der Waals surface area (Å²) in [6, 6.07) is 8.30. The second-order valence-electron chi connectivity index (χ2n) is 5.71.